The Morgan fingerprint density at radius 1 is 1.18 bits per heavy atom. The van der Waals surface area contributed by atoms with Gasteiger partial charge in [0.1, 0.15) is 11.8 Å². The maximum Gasteiger partial charge on any atom is 0.242 e. The molecular weight excluding hydrogens is 280 g/mol. The van der Waals surface area contributed by atoms with Crippen molar-refractivity contribution in [3.8, 4) is 5.75 Å². The lowest BCUT2D eigenvalue weighted by Crippen LogP contribution is -2.47. The van der Waals surface area contributed by atoms with Crippen molar-refractivity contribution in [3.63, 3.8) is 0 Å². The predicted octanol–water partition coefficient (Wildman–Crippen LogP) is 2.20. The summed E-state index contributed by atoms with van der Waals surface area (Å²) in [6, 6.07) is 6.98. The highest BCUT2D eigenvalue weighted by Gasteiger charge is 2.23. The van der Waals surface area contributed by atoms with Crippen LogP contribution in [0.1, 0.15) is 33.3 Å². The second-order valence-corrected chi connectivity index (χ2v) is 5.81. The Balaban J connectivity index is 2.75. The molecule has 5 heteroatoms. The zero-order valence-electron chi connectivity index (χ0n) is 14.1. The van der Waals surface area contributed by atoms with Crippen molar-refractivity contribution in [2.75, 3.05) is 13.7 Å². The molecule has 1 atom stereocenters. The van der Waals surface area contributed by atoms with E-state index in [4.69, 9.17) is 4.74 Å². The van der Waals surface area contributed by atoms with Gasteiger partial charge in [0.2, 0.25) is 11.8 Å². The predicted molar refractivity (Wildman–Crippen MR) is 86.5 cm³/mol. The molecule has 0 aromatic heterocycles. The van der Waals surface area contributed by atoms with E-state index in [0.717, 1.165) is 11.3 Å². The Bertz CT molecular complexity index is 497. The second-order valence-electron chi connectivity index (χ2n) is 5.81. The molecule has 22 heavy (non-hydrogen) atoms. The van der Waals surface area contributed by atoms with Crippen LogP contribution in [0.15, 0.2) is 24.3 Å². The number of nitrogens with zero attached hydrogens (tertiary/aromatic N) is 1. The van der Waals surface area contributed by atoms with E-state index in [1.807, 2.05) is 38.1 Å². The number of carbonyl (C=O) groups excluding carboxylic acids is 2. The van der Waals surface area contributed by atoms with Crippen molar-refractivity contribution in [1.29, 1.82) is 0 Å². The number of hydrogen-bond acceptors (Lipinski definition) is 3. The number of rotatable bonds is 7. The van der Waals surface area contributed by atoms with Gasteiger partial charge in [-0.05, 0) is 30.5 Å². The number of hydrogen-bond donors (Lipinski definition) is 1. The van der Waals surface area contributed by atoms with Gasteiger partial charge >= 0.3 is 0 Å². The molecule has 0 aliphatic rings. The molecule has 1 aromatic carbocycles. The van der Waals surface area contributed by atoms with Crippen LogP contribution in [0, 0.1) is 5.92 Å². The summed E-state index contributed by atoms with van der Waals surface area (Å²) < 4.78 is 5.12. The molecule has 0 saturated carbocycles. The highest BCUT2D eigenvalue weighted by Crippen LogP contribution is 2.14. The number of methoxy groups -OCH3 is 1. The van der Waals surface area contributed by atoms with E-state index in [1.165, 1.54) is 6.92 Å². The van der Waals surface area contributed by atoms with E-state index in [2.05, 4.69) is 5.32 Å². The molecule has 2 amide bonds. The third kappa shape index (κ3) is 5.39. The summed E-state index contributed by atoms with van der Waals surface area (Å²) in [5, 5.41) is 2.87. The molecule has 0 bridgehead atoms. The van der Waals surface area contributed by atoms with Crippen molar-refractivity contribution >= 4 is 11.8 Å². The van der Waals surface area contributed by atoms with Gasteiger partial charge in [-0.3, -0.25) is 9.59 Å². The van der Waals surface area contributed by atoms with Gasteiger partial charge in [0.05, 0.1) is 7.11 Å². The quantitative estimate of drug-likeness (QED) is 0.840. The van der Waals surface area contributed by atoms with Crippen molar-refractivity contribution < 1.29 is 14.3 Å². The normalized spacial score (nSPS) is 11.9. The fraction of sp³-hybridized carbons (Fsp3) is 0.529. The van der Waals surface area contributed by atoms with Crippen LogP contribution in [0.5, 0.6) is 5.75 Å². The minimum absolute atomic E-state index is 0.122. The van der Waals surface area contributed by atoms with Gasteiger partial charge in [-0.1, -0.05) is 26.0 Å². The molecule has 0 unspecified atom stereocenters. The topological polar surface area (TPSA) is 58.6 Å². The number of nitrogens with one attached hydrogen (secondary N) is 1. The lowest BCUT2D eigenvalue weighted by molar-refractivity contribution is -0.139. The smallest absolute Gasteiger partial charge is 0.242 e. The fourth-order valence-electron chi connectivity index (χ4n) is 2.04. The van der Waals surface area contributed by atoms with E-state index in [-0.39, 0.29) is 11.8 Å². The molecule has 1 N–H and O–H groups in total. The van der Waals surface area contributed by atoms with Crippen LogP contribution in [0.25, 0.3) is 0 Å². The maximum atomic E-state index is 12.2. The second kappa shape index (κ2) is 8.41. The number of amides is 2. The number of benzene rings is 1. The molecule has 122 valence electrons. The summed E-state index contributed by atoms with van der Waals surface area (Å²) in [6.45, 7) is 8.31. The van der Waals surface area contributed by atoms with Gasteiger partial charge in [-0.15, -0.1) is 0 Å². The molecule has 5 nitrogen and oxygen atoms in total. The van der Waals surface area contributed by atoms with Crippen LogP contribution in [0.2, 0.25) is 0 Å². The van der Waals surface area contributed by atoms with Crippen LogP contribution >= 0.6 is 0 Å². The first-order chi connectivity index (χ1) is 10.3. The number of carbonyl (C=O) groups is 2. The third-order valence-electron chi connectivity index (χ3n) is 3.45. The van der Waals surface area contributed by atoms with E-state index in [9.17, 15) is 9.59 Å². The molecule has 1 rings (SSSR count). The van der Waals surface area contributed by atoms with E-state index >= 15 is 0 Å². The average Bonchev–Trinajstić information content (AvgIpc) is 2.49. The maximum absolute atomic E-state index is 12.2. The SMILES string of the molecule is COc1ccc(CN(C(C)=O)[C@H](C)C(=O)NCC(C)C)cc1. The van der Waals surface area contributed by atoms with Gasteiger partial charge in [0.15, 0.2) is 0 Å². The van der Waals surface area contributed by atoms with Crippen molar-refractivity contribution in [1.82, 2.24) is 10.2 Å². The molecule has 0 spiro atoms. The highest BCUT2D eigenvalue weighted by molar-refractivity contribution is 5.86. The average molecular weight is 306 g/mol. The zero-order chi connectivity index (χ0) is 16.7. The summed E-state index contributed by atoms with van der Waals surface area (Å²) in [7, 11) is 1.61. The van der Waals surface area contributed by atoms with Crippen molar-refractivity contribution in [3.05, 3.63) is 29.8 Å². The van der Waals surface area contributed by atoms with Gasteiger partial charge in [-0.2, -0.15) is 0 Å². The molecule has 1 aromatic rings. The monoisotopic (exact) mass is 306 g/mol. The fourth-order valence-corrected chi connectivity index (χ4v) is 2.04. The molecule has 0 heterocycles. The zero-order valence-corrected chi connectivity index (χ0v) is 14.1. The summed E-state index contributed by atoms with van der Waals surface area (Å²) in [5.74, 6) is 0.893. The first-order valence-electron chi connectivity index (χ1n) is 7.53. The number of ether oxygens (including phenoxy) is 1. The first kappa shape index (κ1) is 18.0. The van der Waals surface area contributed by atoms with Crippen LogP contribution in [-0.4, -0.2) is 36.4 Å². The lowest BCUT2D eigenvalue weighted by Gasteiger charge is -2.27. The Labute approximate surface area is 132 Å². The van der Waals surface area contributed by atoms with Crippen LogP contribution in [0.3, 0.4) is 0 Å². The van der Waals surface area contributed by atoms with Gasteiger partial charge in [-0.25, -0.2) is 0 Å². The summed E-state index contributed by atoms with van der Waals surface area (Å²) >= 11 is 0. The van der Waals surface area contributed by atoms with Gasteiger partial charge in [0.25, 0.3) is 0 Å². The van der Waals surface area contributed by atoms with Crippen LogP contribution in [0.4, 0.5) is 0 Å². The standard InChI is InChI=1S/C17H26N2O3/c1-12(2)10-18-17(21)13(3)19(14(4)20)11-15-6-8-16(22-5)9-7-15/h6-9,12-13H,10-11H2,1-5H3,(H,18,21)/t13-/m1/s1. The van der Waals surface area contributed by atoms with E-state index in [1.54, 1.807) is 18.9 Å². The summed E-state index contributed by atoms with van der Waals surface area (Å²) in [5.41, 5.74) is 0.958. The van der Waals surface area contributed by atoms with E-state index in [0.29, 0.717) is 19.0 Å². The molecule has 0 fully saturated rings. The Morgan fingerprint density at radius 2 is 1.77 bits per heavy atom. The molecule has 0 aliphatic heterocycles. The third-order valence-corrected chi connectivity index (χ3v) is 3.45. The highest BCUT2D eigenvalue weighted by atomic mass is 16.5. The summed E-state index contributed by atoms with van der Waals surface area (Å²) in [4.78, 5) is 25.6. The van der Waals surface area contributed by atoms with Gasteiger partial charge < -0.3 is 15.0 Å². The minimum atomic E-state index is -0.502. The molecule has 0 saturated heterocycles. The van der Waals surface area contributed by atoms with Gasteiger partial charge in [0, 0.05) is 20.0 Å². The van der Waals surface area contributed by atoms with Crippen LogP contribution < -0.4 is 10.1 Å². The minimum Gasteiger partial charge on any atom is -0.497 e. The first-order valence-corrected chi connectivity index (χ1v) is 7.53. The Hall–Kier alpha value is -2.04. The summed E-state index contributed by atoms with van der Waals surface area (Å²) in [6.07, 6.45) is 0. The largest absolute Gasteiger partial charge is 0.497 e. The lowest BCUT2D eigenvalue weighted by atomic mass is 10.1. The Morgan fingerprint density at radius 3 is 2.23 bits per heavy atom. The molecule has 0 aliphatic carbocycles. The molecule has 0 radical (unpaired) electrons. The van der Waals surface area contributed by atoms with Crippen LogP contribution in [-0.2, 0) is 16.1 Å². The molecular formula is C17H26N2O3. The van der Waals surface area contributed by atoms with Crippen molar-refractivity contribution in [2.45, 2.75) is 40.3 Å². The van der Waals surface area contributed by atoms with Crippen molar-refractivity contribution in [2.24, 2.45) is 5.92 Å². The Kier molecular flexibility index (Phi) is 6.89. The van der Waals surface area contributed by atoms with E-state index < -0.39 is 6.04 Å².